The number of aromatic nitrogens is 4. The number of piperazine rings is 1. The number of benzene rings is 3. The van der Waals surface area contributed by atoms with Crippen LogP contribution in [0.2, 0.25) is 5.02 Å². The Kier molecular flexibility index (Phi) is 10.6. The molecule has 0 amide bonds. The van der Waals surface area contributed by atoms with Crippen LogP contribution in [0.4, 0.5) is 17.6 Å². The number of rotatable bonds is 13. The number of hydrogen-bond donors (Lipinski definition) is 1. The first-order chi connectivity index (χ1) is 27.7. The van der Waals surface area contributed by atoms with Crippen LogP contribution < -0.4 is 14.2 Å². The molecule has 18 heteroatoms. The standard InChI is InChI=1S/C40H37ClF4N6O6S/c1-39(2,25-6-4-5-7-26(25)55-19-22-10-11-48-51(22)20-40(43,44)45)35(38(52)53)57-36-31-30-23-8-9-27(54-17-16-50-14-12-49(3)13-15-50)32(41)29(23)24-18-28(42)56-33(24)34(30)58-37(31)47-21-46-36/h4-11,18,21,35H,12-17,19-20H2,1-3H3,(H,52,53). The summed E-state index contributed by atoms with van der Waals surface area (Å²) in [5, 5.41) is 17.1. The minimum absolute atomic E-state index is 0.0533. The van der Waals surface area contributed by atoms with Gasteiger partial charge in [-0.25, -0.2) is 14.8 Å². The van der Waals surface area contributed by atoms with Crippen molar-refractivity contribution < 1.29 is 46.1 Å². The zero-order valence-electron chi connectivity index (χ0n) is 31.5. The summed E-state index contributed by atoms with van der Waals surface area (Å²) in [5.74, 6) is -0.727. The van der Waals surface area contributed by atoms with Crippen LogP contribution in [0.15, 0.2) is 65.5 Å². The molecule has 58 heavy (non-hydrogen) atoms. The normalized spacial score (nSPS) is 15.2. The molecule has 1 unspecified atom stereocenters. The quantitative estimate of drug-likeness (QED) is 0.113. The number of alkyl halides is 3. The van der Waals surface area contributed by atoms with Crippen molar-refractivity contribution in [1.82, 2.24) is 29.5 Å². The molecule has 0 aliphatic carbocycles. The third kappa shape index (κ3) is 7.58. The molecule has 1 saturated heterocycles. The molecule has 7 aromatic rings. The summed E-state index contributed by atoms with van der Waals surface area (Å²) >= 11 is 8.28. The van der Waals surface area contributed by atoms with E-state index in [0.29, 0.717) is 60.9 Å². The third-order valence-electron chi connectivity index (χ3n) is 10.5. The number of hydrogen-bond acceptors (Lipinski definition) is 11. The Morgan fingerprint density at radius 1 is 1.00 bits per heavy atom. The van der Waals surface area contributed by atoms with Crippen LogP contribution in [0.25, 0.3) is 42.0 Å². The van der Waals surface area contributed by atoms with E-state index in [9.17, 15) is 27.5 Å². The predicted octanol–water partition coefficient (Wildman–Crippen LogP) is 8.31. The molecule has 8 rings (SSSR count). The molecule has 0 radical (unpaired) electrons. The molecule has 1 fully saturated rings. The fraction of sp³-hybridized carbons (Fsp3) is 0.350. The number of aliphatic carboxylic acids is 1. The Balaban J connectivity index is 1.16. The van der Waals surface area contributed by atoms with E-state index in [1.165, 1.54) is 36.0 Å². The van der Waals surface area contributed by atoms with Crippen LogP contribution in [-0.2, 0) is 23.4 Å². The third-order valence-corrected chi connectivity index (χ3v) is 11.9. The van der Waals surface area contributed by atoms with Crippen molar-refractivity contribution in [3.63, 3.8) is 0 Å². The second kappa shape index (κ2) is 15.5. The maximum atomic E-state index is 15.0. The number of likely N-dealkylation sites (N-methyl/N-ethyl adjacent to an activating group) is 1. The van der Waals surface area contributed by atoms with Crippen LogP contribution in [-0.4, -0.2) is 99.3 Å². The Labute approximate surface area is 337 Å². The average Bonchev–Trinajstić information content (AvgIpc) is 3.90. The first-order valence-corrected chi connectivity index (χ1v) is 19.5. The van der Waals surface area contributed by atoms with Crippen molar-refractivity contribution in [2.45, 2.75) is 44.7 Å². The molecule has 304 valence electrons. The van der Waals surface area contributed by atoms with Gasteiger partial charge in [-0.1, -0.05) is 43.6 Å². The number of carbonyl (C=O) groups is 1. The van der Waals surface area contributed by atoms with Crippen molar-refractivity contribution in [3.8, 4) is 17.4 Å². The highest BCUT2D eigenvalue weighted by molar-refractivity contribution is 7.26. The summed E-state index contributed by atoms with van der Waals surface area (Å²) in [6.45, 7) is 6.63. The van der Waals surface area contributed by atoms with Crippen molar-refractivity contribution in [3.05, 3.63) is 83.3 Å². The van der Waals surface area contributed by atoms with Gasteiger partial charge in [0.1, 0.15) is 42.4 Å². The van der Waals surface area contributed by atoms with Crippen LogP contribution in [0.5, 0.6) is 17.4 Å². The van der Waals surface area contributed by atoms with E-state index in [0.717, 1.165) is 30.9 Å². The lowest BCUT2D eigenvalue weighted by atomic mass is 9.78. The van der Waals surface area contributed by atoms with Crippen molar-refractivity contribution in [2.75, 3.05) is 46.4 Å². The van der Waals surface area contributed by atoms with E-state index >= 15 is 0 Å². The smallest absolute Gasteiger partial charge is 0.408 e. The number of fused-ring (bicyclic) bond motifs is 8. The molecule has 1 atom stereocenters. The number of halogens is 5. The molecular weight excluding hydrogens is 804 g/mol. The number of thiophene rings is 1. The van der Waals surface area contributed by atoms with Crippen LogP contribution in [0.1, 0.15) is 25.1 Å². The molecule has 5 heterocycles. The van der Waals surface area contributed by atoms with Crippen LogP contribution in [0, 0.1) is 6.01 Å². The molecule has 0 spiro atoms. The highest BCUT2D eigenvalue weighted by atomic mass is 35.5. The topological polar surface area (TPSA) is 128 Å². The average molecular weight is 841 g/mol. The molecular formula is C40H37ClF4N6O6S. The van der Waals surface area contributed by atoms with Gasteiger partial charge in [-0.3, -0.25) is 9.58 Å². The molecule has 0 saturated carbocycles. The largest absolute Gasteiger partial charge is 0.491 e. The molecule has 1 aliphatic rings. The summed E-state index contributed by atoms with van der Waals surface area (Å²) in [4.78, 5) is 27.1. The number of para-hydroxylation sites is 1. The van der Waals surface area contributed by atoms with Gasteiger partial charge in [-0.2, -0.15) is 22.7 Å². The van der Waals surface area contributed by atoms with E-state index < -0.39 is 36.2 Å². The summed E-state index contributed by atoms with van der Waals surface area (Å²) in [7, 11) is 2.09. The fourth-order valence-corrected chi connectivity index (χ4v) is 8.92. The Morgan fingerprint density at radius 2 is 1.78 bits per heavy atom. The van der Waals surface area contributed by atoms with E-state index in [4.69, 9.17) is 30.2 Å². The zero-order chi connectivity index (χ0) is 40.9. The predicted molar refractivity (Wildman–Crippen MR) is 211 cm³/mol. The van der Waals surface area contributed by atoms with Gasteiger partial charge in [0.25, 0.3) is 6.01 Å². The monoisotopic (exact) mass is 840 g/mol. The molecule has 12 nitrogen and oxygen atoms in total. The molecule has 3 aromatic carbocycles. The zero-order valence-corrected chi connectivity index (χ0v) is 33.0. The lowest BCUT2D eigenvalue weighted by Gasteiger charge is -2.33. The van der Waals surface area contributed by atoms with E-state index in [-0.39, 0.29) is 34.5 Å². The Morgan fingerprint density at radius 3 is 2.53 bits per heavy atom. The van der Waals surface area contributed by atoms with Crippen molar-refractivity contribution in [2.24, 2.45) is 0 Å². The van der Waals surface area contributed by atoms with E-state index in [2.05, 4.69) is 31.9 Å². The number of carboxylic acids is 1. The van der Waals surface area contributed by atoms with Gasteiger partial charge >= 0.3 is 12.1 Å². The summed E-state index contributed by atoms with van der Waals surface area (Å²) in [5.41, 5.74) is -0.513. The van der Waals surface area contributed by atoms with Gasteiger partial charge in [0.2, 0.25) is 12.0 Å². The van der Waals surface area contributed by atoms with E-state index in [1.54, 1.807) is 44.2 Å². The first kappa shape index (κ1) is 39.6. The van der Waals surface area contributed by atoms with Crippen molar-refractivity contribution >= 4 is 71.0 Å². The lowest BCUT2D eigenvalue weighted by Crippen LogP contribution is -2.45. The minimum atomic E-state index is -4.49. The van der Waals surface area contributed by atoms with Gasteiger partial charge in [0.15, 0.2) is 5.58 Å². The van der Waals surface area contributed by atoms with Crippen molar-refractivity contribution in [1.29, 1.82) is 0 Å². The van der Waals surface area contributed by atoms with Gasteiger partial charge in [0, 0.05) is 72.1 Å². The molecule has 4 aromatic heterocycles. The van der Waals surface area contributed by atoms with Gasteiger partial charge in [-0.05, 0) is 36.7 Å². The Bertz CT molecular complexity index is 2660. The van der Waals surface area contributed by atoms with E-state index in [1.807, 2.05) is 6.07 Å². The number of carboxylic acid groups (broad SMARTS) is 1. The van der Waals surface area contributed by atoms with Gasteiger partial charge in [-0.15, -0.1) is 11.3 Å². The van der Waals surface area contributed by atoms with Crippen LogP contribution >= 0.6 is 22.9 Å². The summed E-state index contributed by atoms with van der Waals surface area (Å²) in [6.07, 6.45) is -3.57. The van der Waals surface area contributed by atoms with Gasteiger partial charge < -0.3 is 28.6 Å². The second-order valence-electron chi connectivity index (χ2n) is 14.7. The molecule has 1 aliphatic heterocycles. The first-order valence-electron chi connectivity index (χ1n) is 18.3. The fourth-order valence-electron chi connectivity index (χ4n) is 7.46. The number of ether oxygens (including phenoxy) is 3. The molecule has 0 bridgehead atoms. The maximum absolute atomic E-state index is 15.0. The second-order valence-corrected chi connectivity index (χ2v) is 16.1. The number of nitrogens with zero attached hydrogens (tertiary/aromatic N) is 6. The Hall–Kier alpha value is -5.23. The lowest BCUT2D eigenvalue weighted by molar-refractivity contribution is -0.148. The highest BCUT2D eigenvalue weighted by Crippen LogP contribution is 2.50. The minimum Gasteiger partial charge on any atom is -0.491 e. The molecule has 1 N–H and O–H groups in total. The maximum Gasteiger partial charge on any atom is 0.408 e. The van der Waals surface area contributed by atoms with Gasteiger partial charge in [0.05, 0.1) is 20.8 Å². The number of furan rings is 1. The summed E-state index contributed by atoms with van der Waals surface area (Å²) in [6, 6.07) is 12.1. The SMILES string of the molecule is CN1CCN(CCOc2ccc3c(c2Cl)c2cc(F)oc2c2sc4ncnc(OC(C(=O)O)C(C)(C)c5ccccc5OCc5ccnn5CC(F)(F)F)c4c32)CC1. The highest BCUT2D eigenvalue weighted by Gasteiger charge is 2.42. The summed E-state index contributed by atoms with van der Waals surface area (Å²) < 4.78 is 80.0. The van der Waals surface area contributed by atoms with Crippen LogP contribution in [0.3, 0.4) is 0 Å².